The number of nitro benzene ring substituents is 1. The molecule has 2 aromatic rings. The van der Waals surface area contributed by atoms with Crippen molar-refractivity contribution < 1.29 is 14.8 Å². The fourth-order valence-corrected chi connectivity index (χ4v) is 1.82. The molecule has 2 rings (SSSR count). The number of non-ortho nitro benzene ring substituents is 1. The summed E-state index contributed by atoms with van der Waals surface area (Å²) in [6.45, 7) is 0.439. The average molecular weight is 314 g/mol. The molecule has 0 radical (unpaired) electrons. The summed E-state index contributed by atoms with van der Waals surface area (Å²) in [5.74, 6) is -0.997. The summed E-state index contributed by atoms with van der Waals surface area (Å²) in [6.07, 6.45) is 0. The molecule has 0 aromatic heterocycles. The molecule has 0 aliphatic heterocycles. The Morgan fingerprint density at radius 3 is 2.30 bits per heavy atom. The standard InChI is InChI=1S/C15H14N4O4/c1-18(10-11-2-8-14(9-3-11)19(22)23)17-16-13-6-4-12(5-7-13)15(20)21/h2-9H,10H2,1H3,(H,20,21). The van der Waals surface area contributed by atoms with Gasteiger partial charge in [0.1, 0.15) is 0 Å². The van der Waals surface area contributed by atoms with Crippen LogP contribution in [0.5, 0.6) is 0 Å². The lowest BCUT2D eigenvalue weighted by molar-refractivity contribution is -0.384. The second-order valence-electron chi connectivity index (χ2n) is 4.78. The van der Waals surface area contributed by atoms with Crippen LogP contribution < -0.4 is 0 Å². The molecule has 0 aliphatic rings. The lowest BCUT2D eigenvalue weighted by atomic mass is 10.2. The minimum atomic E-state index is -0.997. The molecular weight excluding hydrogens is 300 g/mol. The Balaban J connectivity index is 1.96. The maximum atomic E-state index is 10.7. The van der Waals surface area contributed by atoms with Crippen molar-refractivity contribution in [2.75, 3.05) is 7.05 Å². The van der Waals surface area contributed by atoms with Gasteiger partial charge >= 0.3 is 5.97 Å². The minimum absolute atomic E-state index is 0.0385. The van der Waals surface area contributed by atoms with Crippen molar-refractivity contribution in [3.8, 4) is 0 Å². The van der Waals surface area contributed by atoms with E-state index in [2.05, 4.69) is 10.3 Å². The van der Waals surface area contributed by atoms with Crippen molar-refractivity contribution >= 4 is 17.3 Å². The molecule has 0 saturated carbocycles. The number of nitrogens with zero attached hydrogens (tertiary/aromatic N) is 4. The quantitative estimate of drug-likeness (QED) is 0.499. The molecule has 23 heavy (non-hydrogen) atoms. The first kappa shape index (κ1) is 16.1. The Bertz CT molecular complexity index is 726. The van der Waals surface area contributed by atoms with Crippen LogP contribution in [0.1, 0.15) is 15.9 Å². The van der Waals surface area contributed by atoms with Gasteiger partial charge in [0.25, 0.3) is 5.69 Å². The monoisotopic (exact) mass is 314 g/mol. The predicted octanol–water partition coefficient (Wildman–Crippen LogP) is 3.42. The van der Waals surface area contributed by atoms with E-state index in [0.717, 1.165) is 5.56 Å². The Hall–Kier alpha value is -3.29. The van der Waals surface area contributed by atoms with E-state index in [1.165, 1.54) is 24.3 Å². The molecule has 0 bridgehead atoms. The highest BCUT2D eigenvalue weighted by Crippen LogP contribution is 2.16. The molecule has 8 nitrogen and oxygen atoms in total. The van der Waals surface area contributed by atoms with E-state index in [0.29, 0.717) is 12.2 Å². The van der Waals surface area contributed by atoms with Crippen molar-refractivity contribution in [1.82, 2.24) is 5.01 Å². The number of carboxylic acids is 1. The van der Waals surface area contributed by atoms with Crippen LogP contribution in [-0.2, 0) is 6.54 Å². The molecule has 0 heterocycles. The summed E-state index contributed by atoms with van der Waals surface area (Å²) in [7, 11) is 1.72. The lowest BCUT2D eigenvalue weighted by Crippen LogP contribution is -2.09. The van der Waals surface area contributed by atoms with Crippen LogP contribution >= 0.6 is 0 Å². The summed E-state index contributed by atoms with van der Waals surface area (Å²) in [6, 6.07) is 12.2. The van der Waals surface area contributed by atoms with Gasteiger partial charge in [-0.25, -0.2) is 4.79 Å². The maximum absolute atomic E-state index is 10.7. The predicted molar refractivity (Wildman–Crippen MR) is 82.5 cm³/mol. The molecular formula is C15H14N4O4. The first-order valence-electron chi connectivity index (χ1n) is 6.65. The largest absolute Gasteiger partial charge is 0.478 e. The molecule has 0 atom stereocenters. The van der Waals surface area contributed by atoms with Gasteiger partial charge in [-0.3, -0.25) is 15.1 Å². The number of hydrogen-bond acceptors (Lipinski definition) is 5. The smallest absolute Gasteiger partial charge is 0.335 e. The molecule has 0 aliphatic carbocycles. The Morgan fingerprint density at radius 1 is 1.17 bits per heavy atom. The van der Waals surface area contributed by atoms with Crippen LogP contribution in [0, 0.1) is 10.1 Å². The maximum Gasteiger partial charge on any atom is 0.335 e. The summed E-state index contributed by atoms with van der Waals surface area (Å²) >= 11 is 0. The number of rotatable bonds is 6. The minimum Gasteiger partial charge on any atom is -0.478 e. The van der Waals surface area contributed by atoms with E-state index < -0.39 is 10.9 Å². The number of carboxylic acid groups (broad SMARTS) is 1. The third-order valence-electron chi connectivity index (χ3n) is 2.99. The van der Waals surface area contributed by atoms with Crippen molar-refractivity contribution in [3.63, 3.8) is 0 Å². The second kappa shape index (κ2) is 7.12. The van der Waals surface area contributed by atoms with Crippen LogP contribution in [0.2, 0.25) is 0 Å². The zero-order valence-electron chi connectivity index (χ0n) is 12.3. The first-order chi connectivity index (χ1) is 11.0. The molecule has 118 valence electrons. The van der Waals surface area contributed by atoms with Gasteiger partial charge in [0, 0.05) is 19.2 Å². The van der Waals surface area contributed by atoms with Gasteiger partial charge in [-0.05, 0) is 29.8 Å². The Labute approximate surface area is 131 Å². The fraction of sp³-hybridized carbons (Fsp3) is 0.133. The topological polar surface area (TPSA) is 108 Å². The first-order valence-corrected chi connectivity index (χ1v) is 6.65. The molecule has 0 spiro atoms. The van der Waals surface area contributed by atoms with Gasteiger partial charge in [-0.1, -0.05) is 17.4 Å². The molecule has 0 fully saturated rings. The van der Waals surface area contributed by atoms with Crippen LogP contribution in [0.3, 0.4) is 0 Å². The zero-order valence-corrected chi connectivity index (χ0v) is 12.3. The highest BCUT2D eigenvalue weighted by atomic mass is 16.6. The Kier molecular flexibility index (Phi) is 4.98. The van der Waals surface area contributed by atoms with E-state index in [1.54, 1.807) is 36.3 Å². The van der Waals surface area contributed by atoms with Crippen molar-refractivity contribution in [3.05, 3.63) is 69.8 Å². The zero-order chi connectivity index (χ0) is 16.8. The van der Waals surface area contributed by atoms with Crippen molar-refractivity contribution in [1.29, 1.82) is 0 Å². The number of benzene rings is 2. The van der Waals surface area contributed by atoms with Gasteiger partial charge in [0.05, 0.1) is 22.7 Å². The van der Waals surface area contributed by atoms with E-state index in [-0.39, 0.29) is 11.3 Å². The third kappa shape index (κ3) is 4.60. The molecule has 0 unspecified atom stereocenters. The SMILES string of the molecule is CN(Cc1ccc([N+](=O)[O-])cc1)N=Nc1ccc(C(=O)O)cc1. The molecule has 0 amide bonds. The highest BCUT2D eigenvalue weighted by molar-refractivity contribution is 5.87. The molecule has 2 aromatic carbocycles. The fourth-order valence-electron chi connectivity index (χ4n) is 1.82. The van der Waals surface area contributed by atoms with E-state index in [9.17, 15) is 14.9 Å². The van der Waals surface area contributed by atoms with Gasteiger partial charge in [-0.2, -0.15) is 0 Å². The third-order valence-corrected chi connectivity index (χ3v) is 2.99. The van der Waals surface area contributed by atoms with Crippen LogP contribution in [0.15, 0.2) is 58.9 Å². The van der Waals surface area contributed by atoms with Crippen molar-refractivity contribution in [2.45, 2.75) is 6.54 Å². The van der Waals surface area contributed by atoms with Gasteiger partial charge in [-0.15, -0.1) is 5.11 Å². The summed E-state index contributed by atoms with van der Waals surface area (Å²) in [5, 5.41) is 29.0. The van der Waals surface area contributed by atoms with E-state index >= 15 is 0 Å². The van der Waals surface area contributed by atoms with E-state index in [4.69, 9.17) is 5.11 Å². The average Bonchev–Trinajstić information content (AvgIpc) is 2.54. The number of nitro groups is 1. The van der Waals surface area contributed by atoms with E-state index in [1.807, 2.05) is 0 Å². The highest BCUT2D eigenvalue weighted by Gasteiger charge is 2.05. The molecule has 1 N–H and O–H groups in total. The van der Waals surface area contributed by atoms with Gasteiger partial charge in [0.2, 0.25) is 0 Å². The number of hydrogen-bond donors (Lipinski definition) is 1. The van der Waals surface area contributed by atoms with Crippen molar-refractivity contribution in [2.24, 2.45) is 10.3 Å². The normalized spacial score (nSPS) is 10.7. The summed E-state index contributed by atoms with van der Waals surface area (Å²) in [5.41, 5.74) is 1.61. The Morgan fingerprint density at radius 2 is 1.78 bits per heavy atom. The lowest BCUT2D eigenvalue weighted by Gasteiger charge is -2.10. The number of aromatic carboxylic acids is 1. The van der Waals surface area contributed by atoms with Crippen LogP contribution in [0.25, 0.3) is 0 Å². The number of carbonyl (C=O) groups is 1. The van der Waals surface area contributed by atoms with Gasteiger partial charge in [0.15, 0.2) is 0 Å². The van der Waals surface area contributed by atoms with Gasteiger partial charge < -0.3 is 5.11 Å². The summed E-state index contributed by atoms with van der Waals surface area (Å²) in [4.78, 5) is 20.9. The molecule has 0 saturated heterocycles. The summed E-state index contributed by atoms with van der Waals surface area (Å²) < 4.78 is 0. The van der Waals surface area contributed by atoms with Crippen LogP contribution in [-0.4, -0.2) is 28.1 Å². The second-order valence-corrected chi connectivity index (χ2v) is 4.78. The molecule has 8 heteroatoms. The van der Waals surface area contributed by atoms with Crippen LogP contribution in [0.4, 0.5) is 11.4 Å².